The summed E-state index contributed by atoms with van der Waals surface area (Å²) in [6.07, 6.45) is 6.99. The van der Waals surface area contributed by atoms with Gasteiger partial charge in [0.1, 0.15) is 12.2 Å². The van der Waals surface area contributed by atoms with Crippen molar-refractivity contribution in [3.8, 4) is 11.8 Å². The molecule has 3 N–H and O–H groups in total. The maximum Gasteiger partial charge on any atom is 0.224 e. The molecule has 0 unspecified atom stereocenters. The molecule has 290 valence electrons. The maximum atomic E-state index is 12.7. The smallest absolute Gasteiger partial charge is 0.224 e. The normalized spacial score (nSPS) is 24.8. The molecular weight excluding hydrogens is 700 g/mol. The Morgan fingerprint density at radius 1 is 0.709 bits per heavy atom. The highest BCUT2D eigenvalue weighted by atomic mass is 16.6. The average Bonchev–Trinajstić information content (AvgIpc) is 4.10. The van der Waals surface area contributed by atoms with Crippen LogP contribution in [0.4, 0.5) is 0 Å². The lowest BCUT2D eigenvalue weighted by atomic mass is 10.1. The molecule has 2 aromatic heterocycles. The van der Waals surface area contributed by atoms with Crippen molar-refractivity contribution >= 4 is 11.8 Å². The van der Waals surface area contributed by atoms with E-state index in [0.29, 0.717) is 44.1 Å². The van der Waals surface area contributed by atoms with Crippen molar-refractivity contribution in [1.29, 1.82) is 0 Å². The molecule has 2 saturated carbocycles. The van der Waals surface area contributed by atoms with E-state index in [0.717, 1.165) is 43.4 Å². The van der Waals surface area contributed by atoms with E-state index < -0.39 is 6.04 Å². The largest absolute Gasteiger partial charge is 0.472 e. The number of rotatable bonds is 15. The number of aliphatic hydroxyl groups is 1. The predicted octanol–water partition coefficient (Wildman–Crippen LogP) is 5.06. The first-order chi connectivity index (χ1) is 27.0. The molecule has 12 heteroatoms. The molecule has 55 heavy (non-hydrogen) atoms. The second-order valence-corrected chi connectivity index (χ2v) is 14.5. The summed E-state index contributed by atoms with van der Waals surface area (Å²) in [5, 5.41) is 15.8. The van der Waals surface area contributed by atoms with E-state index in [-0.39, 0.29) is 54.4 Å². The van der Waals surface area contributed by atoms with Gasteiger partial charge in [-0.3, -0.25) is 9.59 Å². The molecule has 2 aliphatic heterocycles. The van der Waals surface area contributed by atoms with E-state index in [2.05, 4.69) is 44.9 Å². The molecule has 4 heterocycles. The maximum absolute atomic E-state index is 12.7. The van der Waals surface area contributed by atoms with Crippen molar-refractivity contribution in [2.75, 3.05) is 46.8 Å². The highest BCUT2D eigenvalue weighted by molar-refractivity contribution is 5.84. The van der Waals surface area contributed by atoms with Crippen LogP contribution in [0.2, 0.25) is 0 Å². The lowest BCUT2D eigenvalue weighted by Gasteiger charge is -2.19. The molecule has 2 aromatic carbocycles. The number of nitrogens with zero attached hydrogens (tertiary/aromatic N) is 2. The van der Waals surface area contributed by atoms with E-state index in [1.54, 1.807) is 25.6 Å². The Kier molecular flexibility index (Phi) is 13.0. The third kappa shape index (κ3) is 10.5. The zero-order valence-corrected chi connectivity index (χ0v) is 31.1. The molecular formula is C43H50N4O8. The zero-order chi connectivity index (χ0) is 38.0. The summed E-state index contributed by atoms with van der Waals surface area (Å²) in [5.74, 6) is 1.74. The number of ether oxygens (including phenoxy) is 5. The van der Waals surface area contributed by atoms with E-state index in [1.807, 2.05) is 54.6 Å². The summed E-state index contributed by atoms with van der Waals surface area (Å²) >= 11 is 0. The number of nitrogens with one attached hydrogen (secondary N) is 2. The van der Waals surface area contributed by atoms with E-state index in [9.17, 15) is 14.7 Å². The van der Waals surface area contributed by atoms with Crippen LogP contribution in [-0.2, 0) is 23.8 Å². The van der Waals surface area contributed by atoms with Gasteiger partial charge in [0.05, 0.1) is 51.7 Å². The third-order valence-corrected chi connectivity index (χ3v) is 10.5. The molecule has 2 amide bonds. The minimum atomic E-state index is -0.467. The van der Waals surface area contributed by atoms with Crippen LogP contribution in [0.5, 0.6) is 11.8 Å². The summed E-state index contributed by atoms with van der Waals surface area (Å²) in [6.45, 7) is 2.86. The van der Waals surface area contributed by atoms with Crippen LogP contribution in [0.25, 0.3) is 0 Å². The van der Waals surface area contributed by atoms with Gasteiger partial charge in [0.2, 0.25) is 23.6 Å². The Morgan fingerprint density at radius 3 is 1.58 bits per heavy atom. The van der Waals surface area contributed by atoms with Crippen LogP contribution in [0.3, 0.4) is 0 Å². The van der Waals surface area contributed by atoms with Crippen molar-refractivity contribution < 1.29 is 38.4 Å². The minimum Gasteiger partial charge on any atom is -0.472 e. The molecule has 12 nitrogen and oxygen atoms in total. The Labute approximate surface area is 321 Å². The fourth-order valence-electron chi connectivity index (χ4n) is 7.17. The first-order valence-corrected chi connectivity index (χ1v) is 19.2. The van der Waals surface area contributed by atoms with Gasteiger partial charge in [-0.25, -0.2) is 9.97 Å². The number of carbonyl (C=O) groups is 2. The number of methoxy groups -OCH3 is 1. The van der Waals surface area contributed by atoms with Crippen molar-refractivity contribution in [3.05, 3.63) is 120 Å². The summed E-state index contributed by atoms with van der Waals surface area (Å²) in [5.41, 5.74) is 4.09. The molecule has 4 aromatic rings. The molecule has 4 fully saturated rings. The number of carbonyl (C=O) groups excluding carboxylic acids is 2. The van der Waals surface area contributed by atoms with E-state index in [1.165, 1.54) is 11.1 Å². The number of aliphatic hydroxyl groups excluding tert-OH is 1. The van der Waals surface area contributed by atoms with Crippen LogP contribution in [0, 0.1) is 11.8 Å². The Hall–Kier alpha value is -4.88. The molecule has 2 aliphatic carbocycles. The number of pyridine rings is 2. The lowest BCUT2D eigenvalue weighted by Crippen LogP contribution is -2.32. The zero-order valence-electron chi connectivity index (χ0n) is 31.1. The van der Waals surface area contributed by atoms with Crippen LogP contribution < -0.4 is 20.1 Å². The van der Waals surface area contributed by atoms with Crippen molar-refractivity contribution in [2.24, 2.45) is 11.8 Å². The molecule has 8 rings (SSSR count). The minimum absolute atomic E-state index is 0.0219. The van der Waals surface area contributed by atoms with Crippen molar-refractivity contribution in [3.63, 3.8) is 0 Å². The number of aromatic nitrogens is 2. The Morgan fingerprint density at radius 2 is 1.18 bits per heavy atom. The van der Waals surface area contributed by atoms with Gasteiger partial charge in [-0.1, -0.05) is 60.7 Å². The molecule has 8 atom stereocenters. The highest BCUT2D eigenvalue weighted by Gasteiger charge is 2.45. The highest BCUT2D eigenvalue weighted by Crippen LogP contribution is 2.48. The van der Waals surface area contributed by atoms with Crippen molar-refractivity contribution in [2.45, 2.75) is 61.8 Å². The Bertz CT molecular complexity index is 1800. The molecule has 0 radical (unpaired) electrons. The first-order valence-electron chi connectivity index (χ1n) is 19.2. The standard InChI is InChI=1S/C22H26N2O4.C21H24N2O4/c1-26-14-20(16-7-8-21(23-12-16)28-17-9-10-27-13-17)24-22(25)19-11-18(19)15-5-3-2-4-6-15;24-12-19(15-6-7-20(22-11-15)27-16-8-9-26-13-16)23-21(25)18-10-17(18)14-4-2-1-3-5-14/h2-8,12,17-20H,9-11,13-14H2,1H3,(H,24,25);1-7,11,16-19,24H,8-10,12-13H2,(H,23,25)/t17-,18-,19+,20+;16-,17-,18+,19+/m11/s1. The fourth-order valence-corrected chi connectivity index (χ4v) is 7.17. The van der Waals surface area contributed by atoms with E-state index in [4.69, 9.17) is 23.7 Å². The van der Waals surface area contributed by atoms with Gasteiger partial charge in [-0.05, 0) is 59.1 Å². The van der Waals surface area contributed by atoms with Gasteiger partial charge in [0.15, 0.2) is 0 Å². The molecule has 2 saturated heterocycles. The predicted molar refractivity (Wildman–Crippen MR) is 203 cm³/mol. The van der Waals surface area contributed by atoms with Gasteiger partial charge in [-0.2, -0.15) is 0 Å². The number of benzene rings is 2. The topological polar surface area (TPSA) is 150 Å². The SMILES string of the molecule is COC[C@H](NC(=O)[C@H]1C[C@@H]1c1ccccc1)c1ccc(O[C@@H]2CCOC2)nc1.O=C(N[C@@H](CO)c1ccc(O[C@@H]2CCOC2)nc1)[C@H]1C[C@@H]1c1ccccc1. The van der Waals surface area contributed by atoms with Gasteiger partial charge in [-0.15, -0.1) is 0 Å². The van der Waals surface area contributed by atoms with Crippen LogP contribution in [-0.4, -0.2) is 85.8 Å². The van der Waals surface area contributed by atoms with Gasteiger partial charge >= 0.3 is 0 Å². The van der Waals surface area contributed by atoms with Crippen LogP contribution in [0.1, 0.15) is 71.9 Å². The Balaban J connectivity index is 0.000000169. The summed E-state index contributed by atoms with van der Waals surface area (Å²) < 4.78 is 27.5. The first kappa shape index (κ1) is 38.4. The van der Waals surface area contributed by atoms with Crippen LogP contribution >= 0.6 is 0 Å². The molecule has 0 spiro atoms. The monoisotopic (exact) mass is 750 g/mol. The fraction of sp³-hybridized carbons (Fsp3) is 0.442. The lowest BCUT2D eigenvalue weighted by molar-refractivity contribution is -0.124. The summed E-state index contributed by atoms with van der Waals surface area (Å²) in [7, 11) is 1.63. The third-order valence-electron chi connectivity index (χ3n) is 10.5. The average molecular weight is 751 g/mol. The number of amides is 2. The van der Waals surface area contributed by atoms with Gasteiger partial charge < -0.3 is 39.4 Å². The number of hydrogen-bond donors (Lipinski definition) is 3. The van der Waals surface area contributed by atoms with Crippen LogP contribution in [0.15, 0.2) is 97.3 Å². The van der Waals surface area contributed by atoms with Gasteiger partial charge in [0.25, 0.3) is 0 Å². The quantitative estimate of drug-likeness (QED) is 0.151. The second-order valence-electron chi connectivity index (χ2n) is 14.5. The van der Waals surface area contributed by atoms with Gasteiger partial charge in [0, 0.05) is 56.3 Å². The molecule has 4 aliphatic rings. The second kappa shape index (κ2) is 18.6. The summed E-state index contributed by atoms with van der Waals surface area (Å²) in [4.78, 5) is 34.0. The summed E-state index contributed by atoms with van der Waals surface area (Å²) in [6, 6.07) is 27.0. The molecule has 0 bridgehead atoms. The van der Waals surface area contributed by atoms with Crippen molar-refractivity contribution in [1.82, 2.24) is 20.6 Å². The number of hydrogen-bond acceptors (Lipinski definition) is 10. The van der Waals surface area contributed by atoms with E-state index >= 15 is 0 Å².